The first-order valence-corrected chi connectivity index (χ1v) is 14.8. The van der Waals surface area contributed by atoms with Crippen LogP contribution in [0.25, 0.3) is 16.9 Å². The van der Waals surface area contributed by atoms with E-state index in [9.17, 15) is 9.59 Å². The fraction of sp³-hybridized carbons (Fsp3) is 0.333. The van der Waals surface area contributed by atoms with Crippen molar-refractivity contribution in [2.75, 3.05) is 51.9 Å². The van der Waals surface area contributed by atoms with Crippen molar-refractivity contribution in [3.63, 3.8) is 0 Å². The van der Waals surface area contributed by atoms with Gasteiger partial charge in [-0.15, -0.1) is 0 Å². The molecule has 4 aromatic rings. The molecule has 2 aliphatic heterocycles. The minimum atomic E-state index is -0.311. The highest BCUT2D eigenvalue weighted by Gasteiger charge is 2.35. The summed E-state index contributed by atoms with van der Waals surface area (Å²) in [6, 6.07) is 23.1. The second-order valence-electron chi connectivity index (χ2n) is 11.2. The standard InChI is InChI=1S/C33H37N7O4/c1-22-30(24-13-14-34-28(17-24)32(41)35-25-20-44-21-25)38-40(26-11-7-4-8-12-26)31(22)37-33(42)36-29-19-39(15-16-43-2)18-27(29)23-9-5-3-6-10-23/h3-14,17,25,27,29H,15-16,18-21H2,1-2H3,(H,35,41)(H2,36,37,42)/t27-,29+/m0/s1. The smallest absolute Gasteiger partial charge is 0.320 e. The van der Waals surface area contributed by atoms with Crippen LogP contribution in [0, 0.1) is 6.92 Å². The Morgan fingerprint density at radius 1 is 1.00 bits per heavy atom. The van der Waals surface area contributed by atoms with Crippen LogP contribution in [0.1, 0.15) is 27.5 Å². The topological polar surface area (TPSA) is 123 Å². The Morgan fingerprint density at radius 2 is 1.75 bits per heavy atom. The molecule has 2 aliphatic rings. The number of benzene rings is 2. The third kappa shape index (κ3) is 6.49. The molecule has 0 bridgehead atoms. The van der Waals surface area contributed by atoms with Crippen LogP contribution < -0.4 is 16.0 Å². The molecule has 2 fully saturated rings. The minimum Gasteiger partial charge on any atom is -0.383 e. The summed E-state index contributed by atoms with van der Waals surface area (Å²) in [7, 11) is 1.70. The van der Waals surface area contributed by atoms with Crippen molar-refractivity contribution in [2.45, 2.75) is 24.9 Å². The van der Waals surface area contributed by atoms with Gasteiger partial charge < -0.3 is 20.1 Å². The van der Waals surface area contributed by atoms with Crippen molar-refractivity contribution in [1.82, 2.24) is 30.3 Å². The van der Waals surface area contributed by atoms with Gasteiger partial charge in [-0.3, -0.25) is 20.0 Å². The third-order valence-corrected chi connectivity index (χ3v) is 8.15. The number of carbonyl (C=O) groups excluding carboxylic acids is 2. The molecule has 44 heavy (non-hydrogen) atoms. The van der Waals surface area contributed by atoms with Crippen LogP contribution in [0.2, 0.25) is 0 Å². The number of carbonyl (C=O) groups is 2. The number of ether oxygens (including phenoxy) is 2. The molecule has 0 unspecified atom stereocenters. The number of urea groups is 1. The minimum absolute atomic E-state index is 0.00490. The zero-order valence-electron chi connectivity index (χ0n) is 24.9. The van der Waals surface area contributed by atoms with Crippen molar-refractivity contribution in [3.8, 4) is 16.9 Å². The number of hydrogen-bond donors (Lipinski definition) is 3. The number of nitrogens with zero attached hydrogens (tertiary/aromatic N) is 4. The van der Waals surface area contributed by atoms with Gasteiger partial charge in [0.05, 0.1) is 43.3 Å². The summed E-state index contributed by atoms with van der Waals surface area (Å²) < 4.78 is 12.2. The summed E-state index contributed by atoms with van der Waals surface area (Å²) in [6.07, 6.45) is 1.60. The van der Waals surface area contributed by atoms with Crippen molar-refractivity contribution >= 4 is 17.8 Å². The first kappa shape index (κ1) is 29.5. The maximum Gasteiger partial charge on any atom is 0.320 e. The number of hydrogen-bond acceptors (Lipinski definition) is 7. The maximum absolute atomic E-state index is 13.6. The molecule has 6 rings (SSSR count). The lowest BCUT2D eigenvalue weighted by molar-refractivity contribution is -0.00354. The molecule has 3 N–H and O–H groups in total. The van der Waals surface area contributed by atoms with Gasteiger partial charge in [0.1, 0.15) is 11.5 Å². The Balaban J connectivity index is 1.26. The highest BCUT2D eigenvalue weighted by atomic mass is 16.5. The highest BCUT2D eigenvalue weighted by molar-refractivity contribution is 5.94. The lowest BCUT2D eigenvalue weighted by atomic mass is 9.94. The average Bonchev–Trinajstić information content (AvgIpc) is 3.58. The van der Waals surface area contributed by atoms with E-state index in [2.05, 4.69) is 38.0 Å². The van der Waals surface area contributed by atoms with E-state index in [1.807, 2.05) is 61.5 Å². The lowest BCUT2D eigenvalue weighted by Crippen LogP contribution is -2.48. The normalized spacial score (nSPS) is 18.5. The van der Waals surface area contributed by atoms with Crippen molar-refractivity contribution in [2.24, 2.45) is 0 Å². The van der Waals surface area contributed by atoms with E-state index in [4.69, 9.17) is 14.6 Å². The maximum atomic E-state index is 13.6. The van der Waals surface area contributed by atoms with E-state index in [-0.39, 0.29) is 29.9 Å². The van der Waals surface area contributed by atoms with Crippen LogP contribution in [-0.2, 0) is 9.47 Å². The molecule has 4 heterocycles. The molecule has 3 amide bonds. The molecule has 0 aliphatic carbocycles. The fourth-order valence-corrected chi connectivity index (χ4v) is 5.74. The fourth-order valence-electron chi connectivity index (χ4n) is 5.74. The van der Waals surface area contributed by atoms with E-state index in [1.165, 1.54) is 5.56 Å². The van der Waals surface area contributed by atoms with Gasteiger partial charge in [0, 0.05) is 50.0 Å². The molecule has 2 aromatic heterocycles. The number of amides is 3. The largest absolute Gasteiger partial charge is 0.383 e. The Bertz CT molecular complexity index is 1590. The number of nitrogens with one attached hydrogen (secondary N) is 3. The second-order valence-corrected chi connectivity index (χ2v) is 11.2. The van der Waals surface area contributed by atoms with Crippen LogP contribution in [0.15, 0.2) is 79.0 Å². The van der Waals surface area contributed by atoms with Gasteiger partial charge in [-0.1, -0.05) is 48.5 Å². The number of pyridine rings is 1. The molecule has 228 valence electrons. The van der Waals surface area contributed by atoms with Gasteiger partial charge >= 0.3 is 6.03 Å². The summed E-state index contributed by atoms with van der Waals surface area (Å²) in [6.45, 7) is 5.89. The number of rotatable bonds is 10. The zero-order valence-corrected chi connectivity index (χ0v) is 24.9. The molecule has 0 radical (unpaired) electrons. The Hall–Kier alpha value is -4.58. The zero-order chi connectivity index (χ0) is 30.5. The highest BCUT2D eigenvalue weighted by Crippen LogP contribution is 2.32. The first-order valence-electron chi connectivity index (χ1n) is 14.8. The van der Waals surface area contributed by atoms with Crippen molar-refractivity contribution in [1.29, 1.82) is 0 Å². The van der Waals surface area contributed by atoms with E-state index >= 15 is 0 Å². The lowest BCUT2D eigenvalue weighted by Gasteiger charge is -2.26. The Kier molecular flexibility index (Phi) is 8.96. The number of aromatic nitrogens is 3. The number of methoxy groups -OCH3 is 1. The molecule has 2 atom stereocenters. The van der Waals surface area contributed by atoms with Crippen LogP contribution in [0.4, 0.5) is 10.6 Å². The van der Waals surface area contributed by atoms with Gasteiger partial charge in [0.25, 0.3) is 5.91 Å². The Morgan fingerprint density at radius 3 is 2.45 bits per heavy atom. The van der Waals surface area contributed by atoms with Gasteiger partial charge in [-0.2, -0.15) is 5.10 Å². The summed E-state index contributed by atoms with van der Waals surface area (Å²) in [5.74, 6) is 0.424. The first-order chi connectivity index (χ1) is 21.5. The quantitative estimate of drug-likeness (QED) is 0.256. The van der Waals surface area contributed by atoms with Gasteiger partial charge in [0.2, 0.25) is 0 Å². The van der Waals surface area contributed by atoms with Crippen molar-refractivity contribution in [3.05, 3.63) is 95.8 Å². The monoisotopic (exact) mass is 595 g/mol. The number of likely N-dealkylation sites (tertiary alicyclic amines) is 1. The molecule has 0 saturated carbocycles. The van der Waals surface area contributed by atoms with Crippen molar-refractivity contribution < 1.29 is 19.1 Å². The Labute approximate surface area is 256 Å². The average molecular weight is 596 g/mol. The van der Waals surface area contributed by atoms with Crippen LogP contribution >= 0.6 is 0 Å². The van der Waals surface area contributed by atoms with E-state index in [0.29, 0.717) is 43.6 Å². The SMILES string of the molecule is COCCN1C[C@@H](NC(=O)Nc2c(C)c(-c3ccnc(C(=O)NC4COC4)c3)nn2-c2ccccc2)[C@H](c2ccccc2)C1. The number of anilines is 1. The van der Waals surface area contributed by atoms with Gasteiger partial charge in [-0.05, 0) is 36.8 Å². The van der Waals surface area contributed by atoms with E-state index < -0.39 is 0 Å². The molecule has 11 nitrogen and oxygen atoms in total. The van der Waals surface area contributed by atoms with Gasteiger partial charge in [-0.25, -0.2) is 9.48 Å². The third-order valence-electron chi connectivity index (χ3n) is 8.15. The number of para-hydroxylation sites is 1. The molecule has 0 spiro atoms. The molecular weight excluding hydrogens is 558 g/mol. The summed E-state index contributed by atoms with van der Waals surface area (Å²) in [5, 5.41) is 14.2. The molecule has 2 aromatic carbocycles. The van der Waals surface area contributed by atoms with Crippen LogP contribution in [0.5, 0.6) is 0 Å². The second kappa shape index (κ2) is 13.4. The predicted molar refractivity (Wildman–Crippen MR) is 167 cm³/mol. The summed E-state index contributed by atoms with van der Waals surface area (Å²) >= 11 is 0. The van der Waals surface area contributed by atoms with E-state index in [1.54, 1.807) is 24.1 Å². The van der Waals surface area contributed by atoms with Crippen LogP contribution in [-0.4, -0.2) is 90.3 Å². The van der Waals surface area contributed by atoms with Gasteiger partial charge in [0.15, 0.2) is 0 Å². The van der Waals surface area contributed by atoms with Crippen LogP contribution in [0.3, 0.4) is 0 Å². The predicted octanol–water partition coefficient (Wildman–Crippen LogP) is 3.61. The van der Waals surface area contributed by atoms with E-state index in [0.717, 1.165) is 29.9 Å². The molecular formula is C33H37N7O4. The molecule has 11 heteroatoms. The molecule has 2 saturated heterocycles. The summed E-state index contributed by atoms with van der Waals surface area (Å²) in [5.41, 5.74) is 4.40. The summed E-state index contributed by atoms with van der Waals surface area (Å²) in [4.78, 5) is 33.0.